The first-order valence-electron chi connectivity index (χ1n) is 7.27. The van der Waals surface area contributed by atoms with Crippen molar-refractivity contribution in [1.82, 2.24) is 9.97 Å². The minimum atomic E-state index is 0.257. The smallest absolute Gasteiger partial charge is 0.163 e. The molecular formula is C16H18ClN3O. The van der Waals surface area contributed by atoms with Crippen LogP contribution in [0.5, 0.6) is 0 Å². The Morgan fingerprint density at radius 3 is 2.81 bits per heavy atom. The van der Waals surface area contributed by atoms with Gasteiger partial charge in [-0.2, -0.15) is 0 Å². The Labute approximate surface area is 129 Å². The van der Waals surface area contributed by atoms with Crippen LogP contribution in [0.3, 0.4) is 0 Å². The van der Waals surface area contributed by atoms with Crippen LogP contribution in [-0.2, 0) is 4.74 Å². The summed E-state index contributed by atoms with van der Waals surface area (Å²) in [4.78, 5) is 8.81. The van der Waals surface area contributed by atoms with Crippen molar-refractivity contribution in [2.45, 2.75) is 25.4 Å². The number of rotatable bonds is 4. The van der Waals surface area contributed by atoms with Crippen LogP contribution < -0.4 is 5.32 Å². The van der Waals surface area contributed by atoms with E-state index in [9.17, 15) is 0 Å². The van der Waals surface area contributed by atoms with Gasteiger partial charge in [-0.1, -0.05) is 41.9 Å². The number of nitrogens with one attached hydrogen (secondary N) is 1. The van der Waals surface area contributed by atoms with Gasteiger partial charge in [-0.3, -0.25) is 0 Å². The number of anilines is 1. The first kappa shape index (κ1) is 14.3. The highest BCUT2D eigenvalue weighted by molar-refractivity contribution is 6.29. The molecule has 5 heteroatoms. The van der Waals surface area contributed by atoms with Crippen molar-refractivity contribution in [3.05, 3.63) is 41.6 Å². The minimum absolute atomic E-state index is 0.257. The van der Waals surface area contributed by atoms with Crippen LogP contribution in [0.25, 0.3) is 11.4 Å². The van der Waals surface area contributed by atoms with Gasteiger partial charge in [-0.25, -0.2) is 9.97 Å². The van der Waals surface area contributed by atoms with Gasteiger partial charge in [0.1, 0.15) is 11.0 Å². The lowest BCUT2D eigenvalue weighted by atomic mass is 10.1. The molecule has 0 radical (unpaired) electrons. The van der Waals surface area contributed by atoms with E-state index in [1.54, 1.807) is 6.07 Å². The number of hydrogen-bond donors (Lipinski definition) is 1. The highest BCUT2D eigenvalue weighted by Crippen LogP contribution is 2.20. The maximum atomic E-state index is 6.10. The third-order valence-corrected chi connectivity index (χ3v) is 3.71. The van der Waals surface area contributed by atoms with E-state index < -0.39 is 0 Å². The fourth-order valence-electron chi connectivity index (χ4n) is 2.41. The molecule has 0 aliphatic carbocycles. The van der Waals surface area contributed by atoms with Crippen LogP contribution in [0.2, 0.25) is 5.15 Å². The van der Waals surface area contributed by atoms with Crippen molar-refractivity contribution in [1.29, 1.82) is 0 Å². The van der Waals surface area contributed by atoms with Crippen LogP contribution in [0, 0.1) is 0 Å². The summed E-state index contributed by atoms with van der Waals surface area (Å²) in [6.07, 6.45) is 3.74. The van der Waals surface area contributed by atoms with Crippen molar-refractivity contribution in [3.8, 4) is 11.4 Å². The number of nitrogens with zero attached hydrogens (tertiary/aromatic N) is 2. The van der Waals surface area contributed by atoms with E-state index in [0.29, 0.717) is 11.0 Å². The predicted octanol–water partition coefficient (Wildman–Crippen LogP) is 3.78. The summed E-state index contributed by atoms with van der Waals surface area (Å²) in [7, 11) is 0. The monoisotopic (exact) mass is 303 g/mol. The van der Waals surface area contributed by atoms with Crippen molar-refractivity contribution >= 4 is 17.4 Å². The van der Waals surface area contributed by atoms with Crippen LogP contribution >= 0.6 is 11.6 Å². The molecule has 0 amide bonds. The second kappa shape index (κ2) is 6.87. The molecule has 2 aromatic rings. The fraction of sp³-hybridized carbons (Fsp3) is 0.375. The average molecular weight is 304 g/mol. The normalized spacial score (nSPS) is 18.4. The Kier molecular flexibility index (Phi) is 4.68. The molecule has 1 aromatic carbocycles. The third kappa shape index (κ3) is 3.93. The Morgan fingerprint density at radius 2 is 2.05 bits per heavy atom. The standard InChI is InChI=1S/C16H18ClN3O/c17-14-10-15(18-11-13-8-4-5-9-21-13)20-16(19-14)12-6-2-1-3-7-12/h1-3,6-7,10,13H,4-5,8-9,11H2,(H,18,19,20). The number of aromatic nitrogens is 2. The topological polar surface area (TPSA) is 47.0 Å². The Balaban J connectivity index is 1.72. The minimum Gasteiger partial charge on any atom is -0.376 e. The molecule has 1 atom stereocenters. The summed E-state index contributed by atoms with van der Waals surface area (Å²) in [5.41, 5.74) is 0.956. The highest BCUT2D eigenvalue weighted by Gasteiger charge is 2.14. The van der Waals surface area contributed by atoms with Gasteiger partial charge >= 0.3 is 0 Å². The van der Waals surface area contributed by atoms with E-state index >= 15 is 0 Å². The van der Waals surface area contributed by atoms with E-state index in [1.165, 1.54) is 6.42 Å². The molecule has 1 N–H and O–H groups in total. The molecule has 0 saturated carbocycles. The molecule has 4 nitrogen and oxygen atoms in total. The summed E-state index contributed by atoms with van der Waals surface area (Å²) in [6, 6.07) is 11.6. The molecule has 110 valence electrons. The number of hydrogen-bond acceptors (Lipinski definition) is 4. The zero-order valence-corrected chi connectivity index (χ0v) is 12.5. The summed E-state index contributed by atoms with van der Waals surface area (Å²) < 4.78 is 5.71. The molecule has 0 bridgehead atoms. The Morgan fingerprint density at radius 1 is 1.19 bits per heavy atom. The van der Waals surface area contributed by atoms with Gasteiger partial charge in [0.25, 0.3) is 0 Å². The van der Waals surface area contributed by atoms with E-state index in [0.717, 1.165) is 37.4 Å². The van der Waals surface area contributed by atoms with Crippen molar-refractivity contribution in [2.24, 2.45) is 0 Å². The van der Waals surface area contributed by atoms with E-state index in [-0.39, 0.29) is 6.10 Å². The predicted molar refractivity (Wildman–Crippen MR) is 84.6 cm³/mol. The van der Waals surface area contributed by atoms with Crippen LogP contribution in [0.4, 0.5) is 5.82 Å². The van der Waals surface area contributed by atoms with Gasteiger partial charge in [-0.15, -0.1) is 0 Å². The first-order valence-corrected chi connectivity index (χ1v) is 7.64. The fourth-order valence-corrected chi connectivity index (χ4v) is 2.59. The largest absolute Gasteiger partial charge is 0.376 e. The highest BCUT2D eigenvalue weighted by atomic mass is 35.5. The van der Waals surface area contributed by atoms with Crippen molar-refractivity contribution in [2.75, 3.05) is 18.5 Å². The molecule has 0 spiro atoms. The Hall–Kier alpha value is -1.65. The molecular weight excluding hydrogens is 286 g/mol. The molecule has 3 rings (SSSR count). The quantitative estimate of drug-likeness (QED) is 0.873. The van der Waals surface area contributed by atoms with Crippen LogP contribution in [-0.4, -0.2) is 29.2 Å². The molecule has 1 aliphatic rings. The zero-order chi connectivity index (χ0) is 14.5. The van der Waals surface area contributed by atoms with Gasteiger partial charge in [0.15, 0.2) is 5.82 Å². The number of halogens is 1. The summed E-state index contributed by atoms with van der Waals surface area (Å²) in [5.74, 6) is 1.37. The van der Waals surface area contributed by atoms with Crippen LogP contribution in [0.1, 0.15) is 19.3 Å². The second-order valence-electron chi connectivity index (χ2n) is 5.14. The maximum Gasteiger partial charge on any atom is 0.163 e. The molecule has 2 heterocycles. The lowest BCUT2D eigenvalue weighted by molar-refractivity contribution is 0.0247. The first-order chi connectivity index (χ1) is 10.3. The third-order valence-electron chi connectivity index (χ3n) is 3.51. The van der Waals surface area contributed by atoms with Gasteiger partial charge < -0.3 is 10.1 Å². The van der Waals surface area contributed by atoms with E-state index in [2.05, 4.69) is 15.3 Å². The summed E-state index contributed by atoms with van der Waals surface area (Å²) >= 11 is 6.10. The second-order valence-corrected chi connectivity index (χ2v) is 5.52. The molecule has 1 saturated heterocycles. The van der Waals surface area contributed by atoms with E-state index in [4.69, 9.17) is 16.3 Å². The van der Waals surface area contributed by atoms with Gasteiger partial charge in [0.05, 0.1) is 6.10 Å². The Bertz CT molecular complexity index is 585. The number of ether oxygens (including phenoxy) is 1. The van der Waals surface area contributed by atoms with Crippen molar-refractivity contribution < 1.29 is 4.74 Å². The zero-order valence-electron chi connectivity index (χ0n) is 11.8. The SMILES string of the molecule is Clc1cc(NCC2CCCCO2)nc(-c2ccccc2)n1. The molecule has 21 heavy (non-hydrogen) atoms. The molecule has 1 fully saturated rings. The van der Waals surface area contributed by atoms with Gasteiger partial charge in [-0.05, 0) is 19.3 Å². The number of benzene rings is 1. The van der Waals surface area contributed by atoms with Gasteiger partial charge in [0.2, 0.25) is 0 Å². The molecule has 1 aromatic heterocycles. The van der Waals surface area contributed by atoms with Crippen molar-refractivity contribution in [3.63, 3.8) is 0 Å². The average Bonchev–Trinajstić information content (AvgIpc) is 2.54. The molecule has 1 unspecified atom stereocenters. The lowest BCUT2D eigenvalue weighted by Gasteiger charge is -2.23. The maximum absolute atomic E-state index is 6.10. The summed E-state index contributed by atoms with van der Waals surface area (Å²) in [5, 5.41) is 3.75. The van der Waals surface area contributed by atoms with E-state index in [1.807, 2.05) is 30.3 Å². The molecule has 1 aliphatic heterocycles. The van der Waals surface area contributed by atoms with Gasteiger partial charge in [0, 0.05) is 24.8 Å². The summed E-state index contributed by atoms with van der Waals surface area (Å²) in [6.45, 7) is 1.60. The van der Waals surface area contributed by atoms with Crippen LogP contribution in [0.15, 0.2) is 36.4 Å². The lowest BCUT2D eigenvalue weighted by Crippen LogP contribution is -2.27.